The van der Waals surface area contributed by atoms with E-state index >= 15 is 0 Å². The molecule has 2 amide bonds. The first-order valence-corrected chi connectivity index (χ1v) is 8.35. The van der Waals surface area contributed by atoms with E-state index in [1.54, 1.807) is 0 Å². The summed E-state index contributed by atoms with van der Waals surface area (Å²) in [4.78, 5) is 27.7. The van der Waals surface area contributed by atoms with E-state index in [4.69, 9.17) is 0 Å². The number of amides is 2. The Hall–Kier alpha value is -2.82. The topological polar surface area (TPSA) is 52.7 Å². The lowest BCUT2D eigenvalue weighted by atomic mass is 10.1. The fourth-order valence-corrected chi connectivity index (χ4v) is 2.48. The van der Waals surface area contributed by atoms with Gasteiger partial charge in [-0.3, -0.25) is 9.59 Å². The van der Waals surface area contributed by atoms with E-state index in [2.05, 4.69) is 12.2 Å². The number of anilines is 3. The largest absolute Gasteiger partial charge is 0.378 e. The van der Waals surface area contributed by atoms with Crippen molar-refractivity contribution in [3.05, 3.63) is 54.1 Å². The Bertz CT molecular complexity index is 722. The van der Waals surface area contributed by atoms with Crippen LogP contribution in [0.15, 0.2) is 48.5 Å². The molecule has 0 saturated heterocycles. The maximum atomic E-state index is 12.3. The van der Waals surface area contributed by atoms with Gasteiger partial charge >= 0.3 is 0 Å². The summed E-state index contributed by atoms with van der Waals surface area (Å²) < 4.78 is 0. The van der Waals surface area contributed by atoms with Crippen LogP contribution in [0.2, 0.25) is 0 Å². The molecule has 0 aromatic heterocycles. The first kappa shape index (κ1) is 18.5. The minimum absolute atomic E-state index is 0.0217. The molecule has 0 bridgehead atoms. The van der Waals surface area contributed by atoms with Gasteiger partial charge in [0.05, 0.1) is 0 Å². The number of hydrogen-bond acceptors (Lipinski definition) is 3. The molecule has 0 spiro atoms. The number of nitrogens with zero attached hydrogens (tertiary/aromatic N) is 2. The number of carbonyl (C=O) groups is 2. The Kier molecular flexibility index (Phi) is 6.17. The molecule has 25 heavy (non-hydrogen) atoms. The van der Waals surface area contributed by atoms with E-state index in [-0.39, 0.29) is 18.4 Å². The number of nitrogens with one attached hydrogen (secondary N) is 1. The molecular formula is C20H25N3O2. The zero-order valence-electron chi connectivity index (χ0n) is 15.2. The molecule has 0 fully saturated rings. The van der Waals surface area contributed by atoms with Gasteiger partial charge in [-0.25, -0.2) is 0 Å². The normalized spacial score (nSPS) is 10.2. The monoisotopic (exact) mass is 339 g/mol. The van der Waals surface area contributed by atoms with Gasteiger partial charge in [-0.05, 0) is 48.4 Å². The summed E-state index contributed by atoms with van der Waals surface area (Å²) in [6, 6.07) is 15.3. The molecule has 0 radical (unpaired) electrons. The maximum absolute atomic E-state index is 12.3. The van der Waals surface area contributed by atoms with E-state index in [0.717, 1.165) is 17.8 Å². The van der Waals surface area contributed by atoms with Crippen LogP contribution in [0.25, 0.3) is 0 Å². The fraction of sp³-hybridized carbons (Fsp3) is 0.300. The highest BCUT2D eigenvalue weighted by Gasteiger charge is 2.16. The van der Waals surface area contributed by atoms with E-state index in [1.807, 2.05) is 67.5 Å². The molecule has 132 valence electrons. The molecular weight excluding hydrogens is 314 g/mol. The van der Waals surface area contributed by atoms with Crippen molar-refractivity contribution < 1.29 is 9.59 Å². The van der Waals surface area contributed by atoms with Gasteiger partial charge in [-0.1, -0.05) is 19.1 Å². The van der Waals surface area contributed by atoms with E-state index in [0.29, 0.717) is 5.69 Å². The second-order valence-corrected chi connectivity index (χ2v) is 6.11. The second kappa shape index (κ2) is 8.33. The van der Waals surface area contributed by atoms with Crippen LogP contribution in [-0.2, 0) is 16.0 Å². The number of benzene rings is 2. The van der Waals surface area contributed by atoms with Gasteiger partial charge in [0.15, 0.2) is 0 Å². The summed E-state index contributed by atoms with van der Waals surface area (Å²) in [5.41, 5.74) is 3.68. The molecule has 0 heterocycles. The quantitative estimate of drug-likeness (QED) is 0.878. The minimum Gasteiger partial charge on any atom is -0.378 e. The Morgan fingerprint density at radius 2 is 1.48 bits per heavy atom. The average Bonchev–Trinajstić information content (AvgIpc) is 2.60. The lowest BCUT2D eigenvalue weighted by Gasteiger charge is -2.22. The zero-order valence-corrected chi connectivity index (χ0v) is 15.2. The maximum Gasteiger partial charge on any atom is 0.244 e. The summed E-state index contributed by atoms with van der Waals surface area (Å²) in [7, 11) is 3.91. The lowest BCUT2D eigenvalue weighted by molar-refractivity contribution is -0.120. The average molecular weight is 339 g/mol. The second-order valence-electron chi connectivity index (χ2n) is 6.11. The van der Waals surface area contributed by atoms with Crippen molar-refractivity contribution in [2.24, 2.45) is 0 Å². The molecule has 5 nitrogen and oxygen atoms in total. The van der Waals surface area contributed by atoms with Crippen molar-refractivity contribution in [2.75, 3.05) is 35.8 Å². The van der Waals surface area contributed by atoms with Crippen molar-refractivity contribution in [3.8, 4) is 0 Å². The molecule has 0 saturated carbocycles. The molecule has 2 aromatic carbocycles. The van der Waals surface area contributed by atoms with Gasteiger partial charge in [0, 0.05) is 38.1 Å². The molecule has 0 aliphatic heterocycles. The number of carbonyl (C=O) groups excluding carboxylic acids is 2. The van der Waals surface area contributed by atoms with Crippen molar-refractivity contribution >= 4 is 28.9 Å². The van der Waals surface area contributed by atoms with Gasteiger partial charge < -0.3 is 15.1 Å². The highest BCUT2D eigenvalue weighted by molar-refractivity contribution is 6.01. The predicted molar refractivity (Wildman–Crippen MR) is 103 cm³/mol. The van der Waals surface area contributed by atoms with Crippen LogP contribution in [0.3, 0.4) is 0 Å². The molecule has 1 N–H and O–H groups in total. The van der Waals surface area contributed by atoms with Gasteiger partial charge in [-0.15, -0.1) is 0 Å². The van der Waals surface area contributed by atoms with Crippen LogP contribution in [0.5, 0.6) is 0 Å². The Morgan fingerprint density at radius 1 is 0.920 bits per heavy atom. The van der Waals surface area contributed by atoms with Crippen molar-refractivity contribution in [2.45, 2.75) is 20.3 Å². The third kappa shape index (κ3) is 5.08. The van der Waals surface area contributed by atoms with Gasteiger partial charge in [-0.2, -0.15) is 0 Å². The molecule has 0 unspecified atom stereocenters. The molecule has 0 aliphatic rings. The van der Waals surface area contributed by atoms with Gasteiger partial charge in [0.25, 0.3) is 0 Å². The van der Waals surface area contributed by atoms with Crippen LogP contribution < -0.4 is 15.1 Å². The van der Waals surface area contributed by atoms with E-state index in [1.165, 1.54) is 17.4 Å². The SMILES string of the molecule is CCc1ccc(NC(=O)CN(C(C)=O)c2ccc(N(C)C)cc2)cc1. The first-order valence-electron chi connectivity index (χ1n) is 8.35. The highest BCUT2D eigenvalue weighted by Crippen LogP contribution is 2.20. The number of aryl methyl sites for hydroxylation is 1. The van der Waals surface area contributed by atoms with Crippen LogP contribution >= 0.6 is 0 Å². The molecule has 0 aliphatic carbocycles. The standard InChI is InChI=1S/C20H25N3O2/c1-5-16-6-8-17(9-7-16)21-20(25)14-23(15(2)24)19-12-10-18(11-13-19)22(3)4/h6-13H,5,14H2,1-4H3,(H,21,25). The zero-order chi connectivity index (χ0) is 18.4. The molecule has 2 rings (SSSR count). The third-order valence-corrected chi connectivity index (χ3v) is 4.01. The summed E-state index contributed by atoms with van der Waals surface area (Å²) in [5, 5.41) is 2.84. The van der Waals surface area contributed by atoms with Crippen LogP contribution in [0, 0.1) is 0 Å². The van der Waals surface area contributed by atoms with Crippen molar-refractivity contribution in [1.29, 1.82) is 0 Å². The number of rotatable bonds is 6. The van der Waals surface area contributed by atoms with Crippen molar-refractivity contribution in [1.82, 2.24) is 0 Å². The van der Waals surface area contributed by atoms with Gasteiger partial charge in [0.2, 0.25) is 11.8 Å². The Labute approximate surface area is 149 Å². The Morgan fingerprint density at radius 3 is 1.96 bits per heavy atom. The molecule has 0 atom stereocenters. The minimum atomic E-state index is -0.226. The highest BCUT2D eigenvalue weighted by atomic mass is 16.2. The summed E-state index contributed by atoms with van der Waals surface area (Å²) in [5.74, 6) is -0.398. The van der Waals surface area contributed by atoms with E-state index < -0.39 is 0 Å². The molecule has 2 aromatic rings. The summed E-state index contributed by atoms with van der Waals surface area (Å²) >= 11 is 0. The lowest BCUT2D eigenvalue weighted by Crippen LogP contribution is -2.36. The number of hydrogen-bond donors (Lipinski definition) is 1. The predicted octanol–water partition coefficient (Wildman–Crippen LogP) is 3.31. The van der Waals surface area contributed by atoms with E-state index in [9.17, 15) is 9.59 Å². The van der Waals surface area contributed by atoms with Crippen LogP contribution in [0.4, 0.5) is 17.1 Å². The first-order chi connectivity index (χ1) is 11.9. The fourth-order valence-electron chi connectivity index (χ4n) is 2.48. The third-order valence-electron chi connectivity index (χ3n) is 4.01. The summed E-state index contributed by atoms with van der Waals surface area (Å²) in [6.45, 7) is 3.52. The Balaban J connectivity index is 2.07. The summed E-state index contributed by atoms with van der Waals surface area (Å²) in [6.07, 6.45) is 0.954. The molecule has 5 heteroatoms. The van der Waals surface area contributed by atoms with Crippen molar-refractivity contribution in [3.63, 3.8) is 0 Å². The van der Waals surface area contributed by atoms with Crippen LogP contribution in [0.1, 0.15) is 19.4 Å². The smallest absolute Gasteiger partial charge is 0.244 e. The van der Waals surface area contributed by atoms with Gasteiger partial charge in [0.1, 0.15) is 6.54 Å². The van der Waals surface area contributed by atoms with Crippen LogP contribution in [-0.4, -0.2) is 32.5 Å².